The second-order valence-electron chi connectivity index (χ2n) is 12.9. The molecule has 1 fully saturated rings. The lowest BCUT2D eigenvalue weighted by molar-refractivity contribution is -0.133. The molecule has 0 bridgehead atoms. The summed E-state index contributed by atoms with van der Waals surface area (Å²) in [6.45, 7) is 9.67. The Kier molecular flexibility index (Phi) is 10.8. The van der Waals surface area contributed by atoms with Gasteiger partial charge < -0.3 is 30.5 Å². The third-order valence-corrected chi connectivity index (χ3v) is 11.0. The van der Waals surface area contributed by atoms with E-state index in [1.54, 1.807) is 43.1 Å². The zero-order valence-corrected chi connectivity index (χ0v) is 30.0. The van der Waals surface area contributed by atoms with Crippen LogP contribution in [0.15, 0.2) is 71.8 Å². The van der Waals surface area contributed by atoms with Gasteiger partial charge in [0.1, 0.15) is 11.9 Å². The van der Waals surface area contributed by atoms with E-state index in [-0.39, 0.29) is 16.9 Å². The molecular weight excluding hydrogens is 659 g/mol. The van der Waals surface area contributed by atoms with Gasteiger partial charge in [0, 0.05) is 36.6 Å². The topological polar surface area (TPSA) is 164 Å². The molecule has 12 nitrogen and oxygen atoms in total. The zero-order valence-electron chi connectivity index (χ0n) is 29.2. The molecule has 2 atom stereocenters. The van der Waals surface area contributed by atoms with Crippen molar-refractivity contribution in [2.75, 3.05) is 36.1 Å². The molecule has 3 aromatic carbocycles. The number of nitrogens with one attached hydrogen (secondary N) is 1. The van der Waals surface area contributed by atoms with Crippen LogP contribution >= 0.6 is 0 Å². The largest absolute Gasteiger partial charge is 0.490 e. The number of aromatic nitrogens is 1. The molecule has 1 aliphatic rings. The van der Waals surface area contributed by atoms with Crippen molar-refractivity contribution < 1.29 is 32.6 Å². The maximum Gasteiger partial charge on any atom is 0.411 e. The Bertz CT molecular complexity index is 2000. The number of amides is 2. The number of nitrogens with two attached hydrogens (primary N) is 1. The van der Waals surface area contributed by atoms with Crippen molar-refractivity contribution >= 4 is 49.8 Å². The fourth-order valence-electron chi connectivity index (χ4n) is 6.22. The molecule has 0 unspecified atom stereocenters. The van der Waals surface area contributed by atoms with E-state index in [9.17, 15) is 23.1 Å². The van der Waals surface area contributed by atoms with Gasteiger partial charge in [-0.15, -0.1) is 0 Å². The lowest BCUT2D eigenvalue weighted by Crippen LogP contribution is -2.38. The van der Waals surface area contributed by atoms with Crippen molar-refractivity contribution in [2.45, 2.75) is 75.8 Å². The first kappa shape index (κ1) is 36.2. The molecule has 0 spiro atoms. The molecule has 4 aromatic rings. The minimum atomic E-state index is -3.79. The fourth-order valence-corrected chi connectivity index (χ4v) is 7.51. The van der Waals surface area contributed by atoms with Gasteiger partial charge in [0.15, 0.2) is 21.3 Å². The van der Waals surface area contributed by atoms with Gasteiger partial charge in [0.2, 0.25) is 5.91 Å². The number of hydrogen-bond acceptors (Lipinski definition) is 9. The predicted octanol–water partition coefficient (Wildman–Crippen LogP) is 6.82. The summed E-state index contributed by atoms with van der Waals surface area (Å²) in [6.07, 6.45) is 1.44. The third kappa shape index (κ3) is 7.42. The smallest absolute Gasteiger partial charge is 0.411 e. The standard InChI is InChI=1S/C37H45N5O7S/c1-7-48-32-20-25(10-14-31(32)49-22(2)3)34(40-26-11-13-28-24(19-26)16-17-39-35(28)38)36(43)42-18-8-9-30(42)29-21-27(41(6)37(44)45)12-15-33(29)50(46,47)23(4)5/h10-17,19-23,30,34,40H,7-9,18H2,1-6H3,(H2,38,39)(H,44,45)/t30-,34-/m0/s1. The average Bonchev–Trinajstić information content (AvgIpc) is 3.57. The number of likely N-dealkylation sites (tertiary alicyclic amines) is 1. The first-order valence-electron chi connectivity index (χ1n) is 16.7. The molecule has 2 heterocycles. The number of ether oxygens (including phenoxy) is 2. The highest BCUT2D eigenvalue weighted by Gasteiger charge is 2.38. The Hall–Kier alpha value is -5.04. The Morgan fingerprint density at radius 1 is 1.06 bits per heavy atom. The maximum atomic E-state index is 14.9. The first-order valence-corrected chi connectivity index (χ1v) is 18.3. The number of anilines is 3. The summed E-state index contributed by atoms with van der Waals surface area (Å²) in [7, 11) is -2.40. The lowest BCUT2D eigenvalue weighted by Gasteiger charge is -2.32. The number of pyridine rings is 1. The van der Waals surface area contributed by atoms with Gasteiger partial charge in [0.05, 0.1) is 28.9 Å². The van der Waals surface area contributed by atoms with Gasteiger partial charge in [-0.05, 0) is 119 Å². The molecule has 2 amide bonds. The number of carboxylic acid groups (broad SMARTS) is 1. The molecular formula is C37H45N5O7S. The third-order valence-electron chi connectivity index (χ3n) is 8.81. The summed E-state index contributed by atoms with van der Waals surface area (Å²) < 4.78 is 39.3. The number of benzene rings is 3. The quantitative estimate of drug-likeness (QED) is 0.143. The molecule has 1 saturated heterocycles. The fraction of sp³-hybridized carbons (Fsp3) is 0.378. The number of rotatable bonds is 12. The molecule has 0 saturated carbocycles. The summed E-state index contributed by atoms with van der Waals surface area (Å²) in [6, 6.07) is 15.8. The SMILES string of the molecule is CCOc1cc([C@H](Nc2ccc3c(N)nccc3c2)C(=O)N2CCC[C@H]2c2cc(N(C)C(=O)O)ccc2S(=O)(=O)C(C)C)ccc1OC(C)C. The Balaban J connectivity index is 1.63. The number of carbonyl (C=O) groups is 2. The molecule has 50 heavy (non-hydrogen) atoms. The van der Waals surface area contributed by atoms with Gasteiger partial charge in [0.25, 0.3) is 0 Å². The highest BCUT2D eigenvalue weighted by molar-refractivity contribution is 7.92. The van der Waals surface area contributed by atoms with Gasteiger partial charge in [-0.25, -0.2) is 18.2 Å². The van der Waals surface area contributed by atoms with Crippen LogP contribution in [0.1, 0.15) is 70.7 Å². The first-order chi connectivity index (χ1) is 23.7. The minimum Gasteiger partial charge on any atom is -0.490 e. The van der Waals surface area contributed by atoms with Crippen LogP contribution in [0.5, 0.6) is 11.5 Å². The lowest BCUT2D eigenvalue weighted by atomic mass is 10.00. The second kappa shape index (κ2) is 14.8. The van der Waals surface area contributed by atoms with Gasteiger partial charge in [-0.2, -0.15) is 0 Å². The molecule has 4 N–H and O–H groups in total. The number of nitrogen functional groups attached to an aromatic ring is 1. The van der Waals surface area contributed by atoms with Crippen LogP contribution in [0.3, 0.4) is 0 Å². The van der Waals surface area contributed by atoms with Crippen molar-refractivity contribution in [1.29, 1.82) is 0 Å². The van der Waals surface area contributed by atoms with Crippen LogP contribution in [0.2, 0.25) is 0 Å². The van der Waals surface area contributed by atoms with Crippen molar-refractivity contribution in [2.24, 2.45) is 0 Å². The summed E-state index contributed by atoms with van der Waals surface area (Å²) >= 11 is 0. The zero-order chi connectivity index (χ0) is 36.3. The van der Waals surface area contributed by atoms with Crippen molar-refractivity contribution in [3.63, 3.8) is 0 Å². The van der Waals surface area contributed by atoms with E-state index in [0.717, 1.165) is 15.7 Å². The Labute approximate surface area is 293 Å². The highest BCUT2D eigenvalue weighted by Crippen LogP contribution is 2.41. The van der Waals surface area contributed by atoms with Gasteiger partial charge >= 0.3 is 6.09 Å². The highest BCUT2D eigenvalue weighted by atomic mass is 32.2. The maximum absolute atomic E-state index is 14.9. The number of fused-ring (bicyclic) bond motifs is 1. The van der Waals surface area contributed by atoms with Crippen molar-refractivity contribution in [3.8, 4) is 11.5 Å². The second-order valence-corrected chi connectivity index (χ2v) is 15.3. The van der Waals surface area contributed by atoms with Crippen molar-refractivity contribution in [3.05, 3.63) is 78.0 Å². The van der Waals surface area contributed by atoms with E-state index in [1.807, 2.05) is 51.1 Å². The Morgan fingerprint density at radius 2 is 1.82 bits per heavy atom. The number of sulfone groups is 1. The van der Waals surface area contributed by atoms with Crippen LogP contribution in [0.25, 0.3) is 10.8 Å². The predicted molar refractivity (Wildman–Crippen MR) is 195 cm³/mol. The molecule has 0 aliphatic carbocycles. The van der Waals surface area contributed by atoms with Gasteiger partial charge in [-0.3, -0.25) is 9.69 Å². The molecule has 1 aliphatic heterocycles. The minimum absolute atomic E-state index is 0.0822. The van der Waals surface area contributed by atoms with E-state index < -0.39 is 33.3 Å². The number of hydrogen-bond donors (Lipinski definition) is 3. The molecule has 13 heteroatoms. The number of nitrogens with zero attached hydrogens (tertiary/aromatic N) is 3. The van der Waals surface area contributed by atoms with E-state index >= 15 is 0 Å². The van der Waals surface area contributed by atoms with Crippen LogP contribution in [0.4, 0.5) is 22.0 Å². The Morgan fingerprint density at radius 3 is 2.50 bits per heavy atom. The van der Waals surface area contributed by atoms with E-state index in [1.165, 1.54) is 19.2 Å². The normalized spacial score (nSPS) is 15.4. The summed E-state index contributed by atoms with van der Waals surface area (Å²) in [5.41, 5.74) is 8.07. The van der Waals surface area contributed by atoms with Crippen LogP contribution < -0.4 is 25.4 Å². The number of carbonyl (C=O) groups excluding carboxylic acids is 1. The van der Waals surface area contributed by atoms with Gasteiger partial charge in [-0.1, -0.05) is 6.07 Å². The summed E-state index contributed by atoms with van der Waals surface area (Å²) in [5, 5.41) is 14.0. The van der Waals surface area contributed by atoms with E-state index in [0.29, 0.717) is 65.8 Å². The summed E-state index contributed by atoms with van der Waals surface area (Å²) in [4.78, 5) is 33.8. The van der Waals surface area contributed by atoms with Crippen LogP contribution in [-0.4, -0.2) is 67.0 Å². The molecule has 266 valence electrons. The van der Waals surface area contributed by atoms with Crippen molar-refractivity contribution in [1.82, 2.24) is 9.88 Å². The van der Waals surface area contributed by atoms with E-state index in [4.69, 9.17) is 15.2 Å². The van der Waals surface area contributed by atoms with E-state index in [2.05, 4.69) is 10.3 Å². The molecule has 5 rings (SSSR count). The monoisotopic (exact) mass is 703 g/mol. The molecule has 1 aromatic heterocycles. The average molecular weight is 704 g/mol. The summed E-state index contributed by atoms with van der Waals surface area (Å²) in [5.74, 6) is 1.15. The molecule has 0 radical (unpaired) electrons. The van der Waals surface area contributed by atoms with Crippen LogP contribution in [0, 0.1) is 0 Å². The van der Waals surface area contributed by atoms with Crippen LogP contribution in [-0.2, 0) is 14.6 Å².